The summed E-state index contributed by atoms with van der Waals surface area (Å²) in [6, 6.07) is 17.7. The van der Waals surface area contributed by atoms with Gasteiger partial charge >= 0.3 is 5.97 Å². The van der Waals surface area contributed by atoms with Crippen molar-refractivity contribution >= 4 is 22.4 Å². The third-order valence-electron chi connectivity index (χ3n) is 6.68. The Hall–Kier alpha value is -3.45. The molecular formula is C30H35NO6. The molecule has 0 amide bonds. The first-order chi connectivity index (χ1) is 18.1. The van der Waals surface area contributed by atoms with Gasteiger partial charge in [-0.05, 0) is 35.4 Å². The molecule has 196 valence electrons. The Kier molecular flexibility index (Phi) is 9.49. The van der Waals surface area contributed by atoms with Crippen LogP contribution in [0, 0.1) is 10.1 Å². The molecule has 0 spiro atoms. The summed E-state index contributed by atoms with van der Waals surface area (Å²) in [5, 5.41) is 13.4. The number of rotatable bonds is 15. The van der Waals surface area contributed by atoms with Gasteiger partial charge in [0.25, 0.3) is 5.69 Å². The number of fused-ring (bicyclic) bond motifs is 1. The van der Waals surface area contributed by atoms with Crippen LogP contribution in [-0.2, 0) is 9.53 Å². The first-order valence-electron chi connectivity index (χ1n) is 13.3. The number of nitro groups is 1. The van der Waals surface area contributed by atoms with Crippen LogP contribution in [0.3, 0.4) is 0 Å². The fourth-order valence-electron chi connectivity index (χ4n) is 4.53. The highest BCUT2D eigenvalue weighted by molar-refractivity contribution is 5.86. The maximum Gasteiger partial charge on any atom is 0.343 e. The van der Waals surface area contributed by atoms with E-state index in [0.29, 0.717) is 23.7 Å². The SMILES string of the molecule is CCCCCCCCCCCOc1ccc([N+](=O)[O-])cc1[C@H]1O[C@H]1C(=O)Oc1ccc2ccccc2c1. The van der Waals surface area contributed by atoms with Crippen molar-refractivity contribution < 1.29 is 23.9 Å². The molecule has 0 saturated carbocycles. The zero-order valence-corrected chi connectivity index (χ0v) is 21.4. The van der Waals surface area contributed by atoms with Crippen LogP contribution in [-0.4, -0.2) is 23.6 Å². The minimum atomic E-state index is -0.830. The average molecular weight is 506 g/mol. The van der Waals surface area contributed by atoms with E-state index in [-0.39, 0.29) is 5.69 Å². The lowest BCUT2D eigenvalue weighted by atomic mass is 10.1. The van der Waals surface area contributed by atoms with E-state index in [4.69, 9.17) is 14.2 Å². The number of benzene rings is 3. The first kappa shape index (κ1) is 26.6. The van der Waals surface area contributed by atoms with E-state index in [1.54, 1.807) is 18.2 Å². The van der Waals surface area contributed by atoms with Gasteiger partial charge in [-0.2, -0.15) is 0 Å². The van der Waals surface area contributed by atoms with Gasteiger partial charge in [-0.15, -0.1) is 0 Å². The maximum absolute atomic E-state index is 12.7. The van der Waals surface area contributed by atoms with E-state index in [9.17, 15) is 14.9 Å². The molecule has 2 atom stereocenters. The molecule has 3 aromatic rings. The lowest BCUT2D eigenvalue weighted by Crippen LogP contribution is -2.15. The number of carbonyl (C=O) groups is 1. The number of ether oxygens (including phenoxy) is 3. The van der Waals surface area contributed by atoms with Gasteiger partial charge in [-0.3, -0.25) is 10.1 Å². The number of nitrogens with zero attached hydrogens (tertiary/aromatic N) is 1. The topological polar surface area (TPSA) is 91.2 Å². The highest BCUT2D eigenvalue weighted by Crippen LogP contribution is 2.45. The lowest BCUT2D eigenvalue weighted by molar-refractivity contribution is -0.385. The summed E-state index contributed by atoms with van der Waals surface area (Å²) in [6.07, 6.45) is 9.43. The highest BCUT2D eigenvalue weighted by Gasteiger charge is 2.49. The number of non-ortho nitro benzene ring substituents is 1. The van der Waals surface area contributed by atoms with Gasteiger partial charge in [0.1, 0.15) is 17.6 Å². The van der Waals surface area contributed by atoms with Crippen LogP contribution in [0.5, 0.6) is 11.5 Å². The Balaban J connectivity index is 1.30. The molecule has 0 aliphatic carbocycles. The zero-order valence-electron chi connectivity index (χ0n) is 21.4. The van der Waals surface area contributed by atoms with Gasteiger partial charge in [-0.25, -0.2) is 4.79 Å². The van der Waals surface area contributed by atoms with Crippen molar-refractivity contribution in [1.29, 1.82) is 0 Å². The summed E-state index contributed by atoms with van der Waals surface area (Å²) in [4.78, 5) is 23.6. The summed E-state index contributed by atoms with van der Waals surface area (Å²) >= 11 is 0. The Bertz CT molecular complexity index is 1210. The second-order valence-electron chi connectivity index (χ2n) is 9.56. The van der Waals surface area contributed by atoms with Crippen molar-refractivity contribution in [2.24, 2.45) is 0 Å². The van der Waals surface area contributed by atoms with Crippen molar-refractivity contribution in [3.8, 4) is 11.5 Å². The molecule has 0 aromatic heterocycles. The number of epoxide rings is 1. The Morgan fingerprint density at radius 1 is 0.892 bits per heavy atom. The van der Waals surface area contributed by atoms with Crippen molar-refractivity contribution in [2.45, 2.75) is 76.9 Å². The van der Waals surface area contributed by atoms with Crippen LogP contribution >= 0.6 is 0 Å². The van der Waals surface area contributed by atoms with Gasteiger partial charge in [0.05, 0.1) is 11.5 Å². The molecule has 0 bridgehead atoms. The average Bonchev–Trinajstić information content (AvgIpc) is 3.71. The lowest BCUT2D eigenvalue weighted by Gasteiger charge is -2.10. The summed E-state index contributed by atoms with van der Waals surface area (Å²) in [5.41, 5.74) is 0.438. The zero-order chi connectivity index (χ0) is 26.0. The van der Waals surface area contributed by atoms with Crippen LogP contribution < -0.4 is 9.47 Å². The Labute approximate surface area is 217 Å². The quantitative estimate of drug-likeness (QED) is 0.0525. The summed E-state index contributed by atoms with van der Waals surface area (Å²) in [7, 11) is 0. The maximum atomic E-state index is 12.7. The molecule has 1 heterocycles. The molecule has 0 radical (unpaired) electrons. The smallest absolute Gasteiger partial charge is 0.343 e. The van der Waals surface area contributed by atoms with Crippen molar-refractivity contribution in [1.82, 2.24) is 0 Å². The van der Waals surface area contributed by atoms with E-state index < -0.39 is 23.1 Å². The van der Waals surface area contributed by atoms with Gasteiger partial charge < -0.3 is 14.2 Å². The fourth-order valence-corrected chi connectivity index (χ4v) is 4.53. The molecule has 1 fully saturated rings. The standard InChI is InChI=1S/C30H35NO6/c1-2-3-4-5-6-7-8-9-12-19-35-27-18-16-24(31(33)34)21-26(27)28-29(37-28)30(32)36-25-17-15-22-13-10-11-14-23(22)20-25/h10-11,13-18,20-21,28-29H,2-9,12,19H2,1H3/t28-,29-/m1/s1. The molecule has 37 heavy (non-hydrogen) atoms. The van der Waals surface area contributed by atoms with Gasteiger partial charge in [0, 0.05) is 17.7 Å². The van der Waals surface area contributed by atoms with E-state index in [0.717, 1.165) is 23.6 Å². The largest absolute Gasteiger partial charge is 0.493 e. The van der Waals surface area contributed by atoms with Crippen molar-refractivity contribution in [2.75, 3.05) is 6.61 Å². The second-order valence-corrected chi connectivity index (χ2v) is 9.56. The number of nitro benzene ring substituents is 1. The minimum absolute atomic E-state index is 0.0671. The van der Waals surface area contributed by atoms with Crippen LogP contribution in [0.25, 0.3) is 10.8 Å². The molecule has 7 nitrogen and oxygen atoms in total. The molecule has 1 saturated heterocycles. The van der Waals surface area contributed by atoms with Crippen molar-refractivity contribution in [3.05, 3.63) is 76.3 Å². The monoisotopic (exact) mass is 505 g/mol. The molecule has 3 aromatic carbocycles. The van der Waals surface area contributed by atoms with Crippen LogP contribution in [0.15, 0.2) is 60.7 Å². The van der Waals surface area contributed by atoms with Gasteiger partial charge in [0.2, 0.25) is 0 Å². The fraction of sp³-hybridized carbons (Fsp3) is 0.433. The van der Waals surface area contributed by atoms with E-state index in [1.165, 1.54) is 57.1 Å². The summed E-state index contributed by atoms with van der Waals surface area (Å²) in [5.74, 6) is 0.409. The minimum Gasteiger partial charge on any atom is -0.493 e. The Morgan fingerprint density at radius 3 is 2.32 bits per heavy atom. The molecule has 1 aliphatic rings. The predicted molar refractivity (Wildman–Crippen MR) is 143 cm³/mol. The molecular weight excluding hydrogens is 470 g/mol. The molecule has 0 unspecified atom stereocenters. The number of carbonyl (C=O) groups excluding carboxylic acids is 1. The van der Waals surface area contributed by atoms with Gasteiger partial charge in [-0.1, -0.05) is 88.6 Å². The van der Waals surface area contributed by atoms with Crippen LogP contribution in [0.1, 0.15) is 76.4 Å². The number of hydrogen-bond donors (Lipinski definition) is 0. The first-order valence-corrected chi connectivity index (χ1v) is 13.3. The van der Waals surface area contributed by atoms with Gasteiger partial charge in [0.15, 0.2) is 6.10 Å². The number of esters is 1. The Morgan fingerprint density at radius 2 is 1.59 bits per heavy atom. The van der Waals surface area contributed by atoms with E-state index >= 15 is 0 Å². The van der Waals surface area contributed by atoms with Crippen LogP contribution in [0.2, 0.25) is 0 Å². The normalized spacial score (nSPS) is 16.5. The molecule has 7 heteroatoms. The third-order valence-corrected chi connectivity index (χ3v) is 6.68. The molecule has 0 N–H and O–H groups in total. The number of unbranched alkanes of at least 4 members (excludes halogenated alkanes) is 8. The van der Waals surface area contributed by atoms with E-state index in [1.807, 2.05) is 30.3 Å². The third kappa shape index (κ3) is 7.52. The summed E-state index contributed by atoms with van der Waals surface area (Å²) in [6.45, 7) is 2.74. The highest BCUT2D eigenvalue weighted by atomic mass is 16.6. The predicted octanol–water partition coefficient (Wildman–Crippen LogP) is 7.70. The second kappa shape index (κ2) is 13.2. The number of hydrogen-bond acceptors (Lipinski definition) is 6. The molecule has 1 aliphatic heterocycles. The molecule has 4 rings (SSSR count). The van der Waals surface area contributed by atoms with E-state index in [2.05, 4.69) is 6.92 Å². The summed E-state index contributed by atoms with van der Waals surface area (Å²) < 4.78 is 17.1. The van der Waals surface area contributed by atoms with Crippen LogP contribution in [0.4, 0.5) is 5.69 Å². The van der Waals surface area contributed by atoms with Crippen molar-refractivity contribution in [3.63, 3.8) is 0 Å².